The van der Waals surface area contributed by atoms with Gasteiger partial charge in [-0.05, 0) is 11.1 Å². The Morgan fingerprint density at radius 2 is 1.50 bits per heavy atom. The van der Waals surface area contributed by atoms with E-state index in [1.54, 1.807) is 0 Å². The lowest BCUT2D eigenvalue weighted by Crippen LogP contribution is -2.10. The third-order valence-electron chi connectivity index (χ3n) is 4.74. The van der Waals surface area contributed by atoms with E-state index in [9.17, 15) is 9.67 Å². The third kappa shape index (κ3) is 2.42. The van der Waals surface area contributed by atoms with Gasteiger partial charge in [0.15, 0.2) is 0 Å². The van der Waals surface area contributed by atoms with Gasteiger partial charge in [0, 0.05) is 17.7 Å². The van der Waals surface area contributed by atoms with E-state index in [2.05, 4.69) is 0 Å². The molecule has 2 nitrogen and oxygen atoms in total. The Bertz CT molecular complexity index is 735. The van der Waals surface area contributed by atoms with Crippen LogP contribution in [0.25, 0.3) is 5.31 Å². The highest BCUT2D eigenvalue weighted by Gasteiger charge is 2.47. The zero-order valence-electron chi connectivity index (χ0n) is 12.9. The zero-order valence-corrected chi connectivity index (χ0v) is 13.8. The van der Waals surface area contributed by atoms with Crippen LogP contribution in [0.3, 0.4) is 0 Å². The number of allylic oxidation sites excluding steroid dienone is 1. The Labute approximate surface area is 131 Å². The molecule has 3 rings (SSSR count). The third-order valence-corrected chi connectivity index (χ3v) is 8.58. The van der Waals surface area contributed by atoms with E-state index < -0.39 is 7.14 Å². The molecule has 3 heteroatoms. The lowest BCUT2D eigenvalue weighted by atomic mass is 10.0. The second-order valence-electron chi connectivity index (χ2n) is 6.07. The molecule has 22 heavy (non-hydrogen) atoms. The highest BCUT2D eigenvalue weighted by atomic mass is 31.2. The molecule has 1 heterocycles. The first-order valence-corrected chi connectivity index (χ1v) is 9.62. The van der Waals surface area contributed by atoms with Gasteiger partial charge in [0.25, 0.3) is 0 Å². The van der Waals surface area contributed by atoms with Crippen molar-refractivity contribution in [3.8, 4) is 0 Å². The summed E-state index contributed by atoms with van der Waals surface area (Å²) in [5.74, 6) is 0.239. The fourth-order valence-electron chi connectivity index (χ4n) is 3.24. The summed E-state index contributed by atoms with van der Waals surface area (Å²) < 4.78 is 13.8. The molecule has 2 aromatic carbocycles. The molecule has 0 amide bonds. The van der Waals surface area contributed by atoms with E-state index in [1.807, 2.05) is 74.5 Å². The van der Waals surface area contributed by atoms with Crippen molar-refractivity contribution in [2.75, 3.05) is 0 Å². The summed E-state index contributed by atoms with van der Waals surface area (Å²) >= 11 is 0. The summed E-state index contributed by atoms with van der Waals surface area (Å²) in [6.45, 7) is 3.97. The van der Waals surface area contributed by atoms with Crippen molar-refractivity contribution in [3.63, 3.8) is 0 Å². The van der Waals surface area contributed by atoms with Gasteiger partial charge >= 0.3 is 0 Å². The van der Waals surface area contributed by atoms with Crippen LogP contribution in [0.15, 0.2) is 66.4 Å². The van der Waals surface area contributed by atoms with Gasteiger partial charge in [-0.1, -0.05) is 74.5 Å². The standard InChI is InChI=1S/C19H21O2P/c1-14-15(2)22(21,13-16-9-5-3-6-10-16)19(18(14)20)17-11-7-4-8-12-17/h3-12,14-15,20H,13H2,1-2H3/t14-,15+,22-/m1/s1. The minimum absolute atomic E-state index is 0.0390. The minimum Gasteiger partial charge on any atom is -0.511 e. The molecule has 3 atom stereocenters. The molecule has 0 aliphatic carbocycles. The average Bonchev–Trinajstić information content (AvgIpc) is 2.70. The van der Waals surface area contributed by atoms with Gasteiger partial charge in [0.2, 0.25) is 0 Å². The van der Waals surface area contributed by atoms with Crippen LogP contribution in [0, 0.1) is 5.92 Å². The summed E-state index contributed by atoms with van der Waals surface area (Å²) in [6, 6.07) is 19.6. The van der Waals surface area contributed by atoms with Gasteiger partial charge < -0.3 is 9.67 Å². The van der Waals surface area contributed by atoms with Crippen molar-refractivity contribution >= 4 is 12.5 Å². The number of aliphatic hydroxyl groups is 1. The van der Waals surface area contributed by atoms with E-state index >= 15 is 0 Å². The van der Waals surface area contributed by atoms with Gasteiger partial charge in [-0.2, -0.15) is 0 Å². The molecule has 114 valence electrons. The molecule has 0 bridgehead atoms. The summed E-state index contributed by atoms with van der Waals surface area (Å²) in [7, 11) is -2.70. The zero-order chi connectivity index (χ0) is 15.7. The van der Waals surface area contributed by atoms with Gasteiger partial charge in [-0.3, -0.25) is 0 Å². The van der Waals surface area contributed by atoms with Crippen LogP contribution in [0.5, 0.6) is 0 Å². The van der Waals surface area contributed by atoms with E-state index in [1.165, 1.54) is 0 Å². The lowest BCUT2D eigenvalue weighted by molar-refractivity contribution is 0.347. The smallest absolute Gasteiger partial charge is 0.127 e. The van der Waals surface area contributed by atoms with Crippen molar-refractivity contribution < 1.29 is 9.67 Å². The van der Waals surface area contributed by atoms with Crippen LogP contribution in [-0.4, -0.2) is 10.8 Å². The van der Waals surface area contributed by atoms with Crippen molar-refractivity contribution in [3.05, 3.63) is 77.5 Å². The van der Waals surface area contributed by atoms with Crippen molar-refractivity contribution in [1.29, 1.82) is 0 Å². The Hall–Kier alpha value is -1.79. The van der Waals surface area contributed by atoms with E-state index in [0.29, 0.717) is 17.2 Å². The van der Waals surface area contributed by atoms with Crippen LogP contribution in [0.4, 0.5) is 0 Å². The lowest BCUT2D eigenvalue weighted by Gasteiger charge is -2.22. The summed E-state index contributed by atoms with van der Waals surface area (Å²) in [6.07, 6.45) is 0.508. The molecule has 0 aromatic heterocycles. The number of hydrogen-bond acceptors (Lipinski definition) is 2. The second kappa shape index (κ2) is 5.78. The van der Waals surface area contributed by atoms with E-state index in [4.69, 9.17) is 0 Å². The summed E-state index contributed by atoms with van der Waals surface area (Å²) in [5, 5.41) is 11.3. The second-order valence-corrected chi connectivity index (χ2v) is 9.24. The predicted octanol–water partition coefficient (Wildman–Crippen LogP) is 5.51. The number of rotatable bonds is 3. The van der Waals surface area contributed by atoms with E-state index in [0.717, 1.165) is 11.1 Å². The van der Waals surface area contributed by atoms with Crippen LogP contribution < -0.4 is 0 Å². The minimum atomic E-state index is -2.70. The molecule has 1 aliphatic rings. The molecule has 0 saturated heterocycles. The maximum Gasteiger partial charge on any atom is 0.127 e. The molecule has 0 spiro atoms. The largest absolute Gasteiger partial charge is 0.511 e. The van der Waals surface area contributed by atoms with Crippen molar-refractivity contribution in [1.82, 2.24) is 0 Å². The SMILES string of the molecule is C[C@H]1C(O)=C(c2ccccc2)[P@@](=O)(Cc2ccccc2)[C@H]1C. The summed E-state index contributed by atoms with van der Waals surface area (Å²) in [5.41, 5.74) is 1.91. The number of aliphatic hydroxyl groups excluding tert-OH is 1. The molecule has 0 fully saturated rings. The van der Waals surface area contributed by atoms with Crippen molar-refractivity contribution in [2.45, 2.75) is 25.7 Å². The fourth-order valence-corrected chi connectivity index (χ4v) is 6.89. The van der Waals surface area contributed by atoms with Gasteiger partial charge in [0.05, 0.1) is 5.31 Å². The maximum atomic E-state index is 13.8. The first kappa shape index (κ1) is 15.1. The Morgan fingerprint density at radius 3 is 2.09 bits per heavy atom. The molecule has 0 saturated carbocycles. The maximum absolute atomic E-state index is 13.8. The number of benzene rings is 2. The van der Waals surface area contributed by atoms with Crippen LogP contribution in [0.2, 0.25) is 0 Å². The molecule has 0 radical (unpaired) electrons. The Kier molecular flexibility index (Phi) is 3.97. The first-order chi connectivity index (χ1) is 10.5. The normalized spacial score (nSPS) is 28.1. The monoisotopic (exact) mass is 312 g/mol. The Morgan fingerprint density at radius 1 is 0.955 bits per heavy atom. The van der Waals surface area contributed by atoms with Crippen molar-refractivity contribution in [2.24, 2.45) is 5.92 Å². The molecule has 1 aliphatic heterocycles. The van der Waals surface area contributed by atoms with Crippen LogP contribution in [0.1, 0.15) is 25.0 Å². The quantitative estimate of drug-likeness (QED) is 0.758. The first-order valence-electron chi connectivity index (χ1n) is 7.66. The number of hydrogen-bond donors (Lipinski definition) is 1. The topological polar surface area (TPSA) is 37.3 Å². The highest BCUT2D eigenvalue weighted by molar-refractivity contribution is 7.74. The van der Waals surface area contributed by atoms with Gasteiger partial charge in [-0.15, -0.1) is 0 Å². The van der Waals surface area contributed by atoms with E-state index in [-0.39, 0.29) is 11.6 Å². The average molecular weight is 312 g/mol. The molecular formula is C19H21O2P. The fraction of sp³-hybridized carbons (Fsp3) is 0.263. The predicted molar refractivity (Wildman–Crippen MR) is 92.4 cm³/mol. The molecule has 0 unspecified atom stereocenters. The van der Waals surface area contributed by atoms with Gasteiger partial charge in [-0.25, -0.2) is 0 Å². The highest BCUT2D eigenvalue weighted by Crippen LogP contribution is 2.71. The van der Waals surface area contributed by atoms with Crippen LogP contribution in [-0.2, 0) is 10.7 Å². The Balaban J connectivity index is 2.10. The molecular weight excluding hydrogens is 291 g/mol. The molecule has 2 aromatic rings. The van der Waals surface area contributed by atoms with Gasteiger partial charge in [0.1, 0.15) is 12.9 Å². The molecule has 1 N–H and O–H groups in total. The summed E-state index contributed by atoms with van der Waals surface area (Å²) in [4.78, 5) is 0. The van der Waals surface area contributed by atoms with Crippen LogP contribution >= 0.6 is 7.14 Å².